The van der Waals surface area contributed by atoms with Crippen molar-refractivity contribution in [1.82, 2.24) is 4.72 Å². The summed E-state index contributed by atoms with van der Waals surface area (Å²) in [4.78, 5) is 11.9. The molecule has 0 fully saturated rings. The summed E-state index contributed by atoms with van der Waals surface area (Å²) >= 11 is 1.17. The van der Waals surface area contributed by atoms with E-state index in [4.69, 9.17) is 0 Å². The van der Waals surface area contributed by atoms with Gasteiger partial charge in [-0.25, -0.2) is 13.1 Å². The lowest BCUT2D eigenvalue weighted by Crippen LogP contribution is -2.25. The summed E-state index contributed by atoms with van der Waals surface area (Å²) in [6.45, 7) is 4.47. The van der Waals surface area contributed by atoms with E-state index in [1.165, 1.54) is 16.9 Å². The molecule has 1 aromatic carbocycles. The first-order valence-corrected chi connectivity index (χ1v) is 10.2. The second-order valence-electron chi connectivity index (χ2n) is 5.76. The van der Waals surface area contributed by atoms with Crippen LogP contribution in [0.2, 0.25) is 0 Å². The summed E-state index contributed by atoms with van der Waals surface area (Å²) in [6.07, 6.45) is 0.708. The largest absolute Gasteiger partial charge is 0.326 e. The van der Waals surface area contributed by atoms with Gasteiger partial charge in [0.05, 0.1) is 0 Å². The van der Waals surface area contributed by atoms with Crippen molar-refractivity contribution in [1.29, 1.82) is 0 Å². The third-order valence-corrected chi connectivity index (χ3v) is 6.35. The Morgan fingerprint density at radius 2 is 1.88 bits per heavy atom. The van der Waals surface area contributed by atoms with Crippen molar-refractivity contribution in [2.75, 3.05) is 11.9 Å². The zero-order valence-corrected chi connectivity index (χ0v) is 15.4. The first kappa shape index (κ1) is 18.6. The van der Waals surface area contributed by atoms with Crippen LogP contribution in [0.5, 0.6) is 0 Å². The Bertz CT molecular complexity index is 752. The molecule has 0 atom stereocenters. The Balaban J connectivity index is 1.73. The van der Waals surface area contributed by atoms with Gasteiger partial charge in [0.1, 0.15) is 4.21 Å². The average Bonchev–Trinajstić information content (AvgIpc) is 3.07. The Morgan fingerprint density at radius 1 is 1.17 bits per heavy atom. The van der Waals surface area contributed by atoms with Crippen LogP contribution in [-0.2, 0) is 14.8 Å². The molecule has 7 heteroatoms. The van der Waals surface area contributed by atoms with E-state index in [0.29, 0.717) is 12.3 Å². The molecular weight excluding hydrogens is 344 g/mol. The number of carbonyl (C=O) groups excluding carboxylic acids is 1. The molecule has 0 spiro atoms. The van der Waals surface area contributed by atoms with Crippen LogP contribution >= 0.6 is 11.3 Å². The number of sulfonamides is 1. The van der Waals surface area contributed by atoms with Crippen molar-refractivity contribution in [3.05, 3.63) is 47.3 Å². The fraction of sp³-hybridized carbons (Fsp3) is 0.353. The summed E-state index contributed by atoms with van der Waals surface area (Å²) in [5.74, 6) is 0.328. The Hall–Kier alpha value is -1.70. The Morgan fingerprint density at radius 3 is 2.46 bits per heavy atom. The van der Waals surface area contributed by atoms with Gasteiger partial charge in [-0.1, -0.05) is 32.0 Å². The summed E-state index contributed by atoms with van der Waals surface area (Å²) < 4.78 is 26.6. The van der Waals surface area contributed by atoms with Crippen molar-refractivity contribution >= 4 is 33.0 Å². The van der Waals surface area contributed by atoms with Crippen molar-refractivity contribution in [2.24, 2.45) is 0 Å². The predicted octanol–water partition coefficient (Wildman–Crippen LogP) is 3.57. The molecule has 2 aromatic rings. The van der Waals surface area contributed by atoms with Gasteiger partial charge >= 0.3 is 0 Å². The van der Waals surface area contributed by atoms with Crippen LogP contribution in [0.1, 0.15) is 38.2 Å². The fourth-order valence-corrected chi connectivity index (χ4v) is 4.23. The molecule has 0 saturated heterocycles. The molecule has 0 unspecified atom stereocenters. The number of carbonyl (C=O) groups is 1. The molecule has 0 aliphatic carbocycles. The molecule has 2 N–H and O–H groups in total. The normalized spacial score (nSPS) is 11.6. The average molecular weight is 367 g/mol. The van der Waals surface area contributed by atoms with Crippen LogP contribution in [0.15, 0.2) is 46.0 Å². The van der Waals surface area contributed by atoms with Gasteiger partial charge in [0.15, 0.2) is 0 Å². The van der Waals surface area contributed by atoms with Gasteiger partial charge in [0.25, 0.3) is 0 Å². The van der Waals surface area contributed by atoms with Crippen molar-refractivity contribution < 1.29 is 13.2 Å². The molecular formula is C17H22N2O3S2. The van der Waals surface area contributed by atoms with Gasteiger partial charge in [-0.3, -0.25) is 4.79 Å². The number of anilines is 1. The molecule has 130 valence electrons. The zero-order valence-electron chi connectivity index (χ0n) is 13.8. The van der Waals surface area contributed by atoms with Gasteiger partial charge in [0.2, 0.25) is 15.9 Å². The van der Waals surface area contributed by atoms with E-state index in [1.807, 2.05) is 24.3 Å². The van der Waals surface area contributed by atoms with E-state index in [1.54, 1.807) is 17.5 Å². The lowest BCUT2D eigenvalue weighted by atomic mass is 10.0. The molecule has 2 rings (SSSR count). The maximum Gasteiger partial charge on any atom is 0.250 e. The lowest BCUT2D eigenvalue weighted by molar-refractivity contribution is -0.116. The number of thiophene rings is 1. The van der Waals surface area contributed by atoms with E-state index in [-0.39, 0.29) is 23.1 Å². The highest BCUT2D eigenvalue weighted by atomic mass is 32.2. The monoisotopic (exact) mass is 366 g/mol. The molecule has 5 nitrogen and oxygen atoms in total. The third kappa shape index (κ3) is 5.43. The second-order valence-corrected chi connectivity index (χ2v) is 8.70. The fourth-order valence-electron chi connectivity index (χ4n) is 2.12. The Kier molecular flexibility index (Phi) is 6.53. The van der Waals surface area contributed by atoms with E-state index in [2.05, 4.69) is 23.9 Å². The third-order valence-electron chi connectivity index (χ3n) is 3.49. The molecule has 1 heterocycles. The minimum atomic E-state index is -3.45. The first-order valence-electron chi connectivity index (χ1n) is 7.81. The van der Waals surface area contributed by atoms with E-state index < -0.39 is 10.0 Å². The lowest BCUT2D eigenvalue weighted by Gasteiger charge is -2.09. The SMILES string of the molecule is CC(C)c1ccc(NC(=O)CCCNS(=O)(=O)c2cccs2)cc1. The number of amides is 1. The van der Waals surface area contributed by atoms with Crippen molar-refractivity contribution in [3.63, 3.8) is 0 Å². The summed E-state index contributed by atoms with van der Waals surface area (Å²) in [5.41, 5.74) is 1.97. The number of hydrogen-bond donors (Lipinski definition) is 2. The van der Waals surface area contributed by atoms with Crippen LogP contribution in [0.4, 0.5) is 5.69 Å². The van der Waals surface area contributed by atoms with Gasteiger partial charge in [-0.2, -0.15) is 0 Å². The van der Waals surface area contributed by atoms with Crippen molar-refractivity contribution in [2.45, 2.75) is 36.8 Å². The summed E-state index contributed by atoms with van der Waals surface area (Å²) in [7, 11) is -3.45. The quantitative estimate of drug-likeness (QED) is 0.701. The highest BCUT2D eigenvalue weighted by Crippen LogP contribution is 2.17. The number of nitrogens with one attached hydrogen (secondary N) is 2. The Labute approximate surface area is 147 Å². The van der Waals surface area contributed by atoms with Crippen molar-refractivity contribution in [3.8, 4) is 0 Å². The van der Waals surface area contributed by atoms with Crippen LogP contribution in [0.3, 0.4) is 0 Å². The minimum Gasteiger partial charge on any atom is -0.326 e. The molecule has 24 heavy (non-hydrogen) atoms. The van der Waals surface area contributed by atoms with E-state index >= 15 is 0 Å². The van der Waals surface area contributed by atoms with Gasteiger partial charge in [-0.05, 0) is 41.5 Å². The molecule has 0 aliphatic rings. The van der Waals surface area contributed by atoms with Gasteiger partial charge in [0, 0.05) is 18.7 Å². The number of hydrogen-bond acceptors (Lipinski definition) is 4. The predicted molar refractivity (Wildman–Crippen MR) is 97.9 cm³/mol. The van der Waals surface area contributed by atoms with Crippen LogP contribution in [0.25, 0.3) is 0 Å². The molecule has 0 bridgehead atoms. The maximum atomic E-state index is 11.9. The molecule has 1 amide bonds. The van der Waals surface area contributed by atoms with Crippen LogP contribution in [0, 0.1) is 0 Å². The maximum absolute atomic E-state index is 11.9. The summed E-state index contributed by atoms with van der Waals surface area (Å²) in [6, 6.07) is 11.0. The highest BCUT2D eigenvalue weighted by Gasteiger charge is 2.14. The van der Waals surface area contributed by atoms with E-state index in [9.17, 15) is 13.2 Å². The standard InChI is InChI=1S/C17H22N2O3S2/c1-13(2)14-7-9-15(10-8-14)19-16(20)5-3-11-18-24(21,22)17-6-4-12-23-17/h4,6-10,12-13,18H,3,5,11H2,1-2H3,(H,19,20). The topological polar surface area (TPSA) is 75.3 Å². The van der Waals surface area contributed by atoms with Crippen LogP contribution in [-0.4, -0.2) is 20.9 Å². The van der Waals surface area contributed by atoms with Crippen LogP contribution < -0.4 is 10.0 Å². The molecule has 0 aliphatic heterocycles. The molecule has 0 saturated carbocycles. The minimum absolute atomic E-state index is 0.123. The zero-order chi connectivity index (χ0) is 17.6. The van der Waals surface area contributed by atoms with E-state index in [0.717, 1.165) is 5.69 Å². The smallest absolute Gasteiger partial charge is 0.250 e. The first-order chi connectivity index (χ1) is 11.4. The second kappa shape index (κ2) is 8.41. The summed E-state index contributed by atoms with van der Waals surface area (Å²) in [5, 5.41) is 4.53. The number of benzene rings is 1. The highest BCUT2D eigenvalue weighted by molar-refractivity contribution is 7.91. The number of rotatable bonds is 8. The molecule has 0 radical (unpaired) electrons. The van der Waals surface area contributed by atoms with Gasteiger partial charge in [-0.15, -0.1) is 11.3 Å². The van der Waals surface area contributed by atoms with Gasteiger partial charge < -0.3 is 5.32 Å². The molecule has 1 aromatic heterocycles.